The summed E-state index contributed by atoms with van der Waals surface area (Å²) in [6.07, 6.45) is 2.02. The molecule has 2 N–H and O–H groups in total. The van der Waals surface area contributed by atoms with Gasteiger partial charge in [0.15, 0.2) is 0 Å². The molecule has 1 aliphatic heterocycles. The van der Waals surface area contributed by atoms with Gasteiger partial charge >= 0.3 is 0 Å². The molecule has 0 fully saturated rings. The number of amides is 1. The molecule has 2 aromatic carbocycles. The summed E-state index contributed by atoms with van der Waals surface area (Å²) >= 11 is 0. The van der Waals surface area contributed by atoms with Crippen molar-refractivity contribution < 1.29 is 9.18 Å². The molecule has 1 amide bonds. The second-order valence-electron chi connectivity index (χ2n) is 7.42. The molecule has 0 aliphatic carbocycles. The Morgan fingerprint density at radius 3 is 2.48 bits per heavy atom. The molecule has 0 saturated heterocycles. The molecule has 0 bridgehead atoms. The number of halogens is 1. The number of aromatic nitrogens is 3. The number of nitrogens with one attached hydrogen (secondary N) is 2. The van der Waals surface area contributed by atoms with Crippen molar-refractivity contribution in [2.75, 3.05) is 10.6 Å². The SMILES string of the molecule is Cc1ccc(C2=C[C@@H](c3ccc(F)cc3)n3nc(NC(=O)C(C)C)nc3N2)cc1. The Hall–Kier alpha value is -3.48. The van der Waals surface area contributed by atoms with Gasteiger partial charge in [0.05, 0.1) is 0 Å². The zero-order valence-corrected chi connectivity index (χ0v) is 16.5. The van der Waals surface area contributed by atoms with Gasteiger partial charge in [0.1, 0.15) is 11.9 Å². The number of carbonyl (C=O) groups excluding carboxylic acids is 1. The summed E-state index contributed by atoms with van der Waals surface area (Å²) in [6.45, 7) is 5.65. The number of anilines is 2. The number of aryl methyl sites for hydroxylation is 1. The van der Waals surface area contributed by atoms with E-state index in [2.05, 4.69) is 20.7 Å². The fraction of sp³-hybridized carbons (Fsp3) is 0.227. The molecular formula is C22H22FN5O. The van der Waals surface area contributed by atoms with E-state index in [0.717, 1.165) is 16.8 Å². The van der Waals surface area contributed by atoms with Crippen LogP contribution >= 0.6 is 0 Å². The topological polar surface area (TPSA) is 71.8 Å². The molecule has 0 saturated carbocycles. The van der Waals surface area contributed by atoms with E-state index in [9.17, 15) is 9.18 Å². The van der Waals surface area contributed by atoms with Gasteiger partial charge in [0, 0.05) is 11.6 Å². The first-order valence-electron chi connectivity index (χ1n) is 9.49. The second kappa shape index (κ2) is 7.50. The highest BCUT2D eigenvalue weighted by molar-refractivity contribution is 5.90. The highest BCUT2D eigenvalue weighted by Crippen LogP contribution is 2.33. The average molecular weight is 391 g/mol. The van der Waals surface area contributed by atoms with E-state index in [1.54, 1.807) is 16.8 Å². The minimum Gasteiger partial charge on any atom is -0.324 e. The van der Waals surface area contributed by atoms with Gasteiger partial charge in [-0.3, -0.25) is 10.1 Å². The quantitative estimate of drug-likeness (QED) is 0.693. The number of rotatable bonds is 4. The summed E-state index contributed by atoms with van der Waals surface area (Å²) in [7, 11) is 0. The lowest BCUT2D eigenvalue weighted by Crippen LogP contribution is -2.20. The van der Waals surface area contributed by atoms with Crippen LogP contribution in [0.4, 0.5) is 16.3 Å². The largest absolute Gasteiger partial charge is 0.324 e. The molecule has 29 heavy (non-hydrogen) atoms. The summed E-state index contributed by atoms with van der Waals surface area (Å²) < 4.78 is 15.1. The van der Waals surface area contributed by atoms with Crippen molar-refractivity contribution >= 4 is 23.5 Å². The molecule has 1 aliphatic rings. The van der Waals surface area contributed by atoms with E-state index in [1.807, 2.05) is 51.1 Å². The lowest BCUT2D eigenvalue weighted by atomic mass is 10.0. The number of hydrogen-bond donors (Lipinski definition) is 2. The van der Waals surface area contributed by atoms with Crippen molar-refractivity contribution in [1.29, 1.82) is 0 Å². The predicted octanol–water partition coefficient (Wildman–Crippen LogP) is 4.38. The van der Waals surface area contributed by atoms with Crippen LogP contribution in [0, 0.1) is 18.7 Å². The zero-order chi connectivity index (χ0) is 20.5. The molecule has 0 radical (unpaired) electrons. The predicted molar refractivity (Wildman–Crippen MR) is 111 cm³/mol. The summed E-state index contributed by atoms with van der Waals surface area (Å²) in [6, 6.07) is 14.2. The third-order valence-corrected chi connectivity index (χ3v) is 4.80. The maximum atomic E-state index is 13.4. The first-order valence-corrected chi connectivity index (χ1v) is 9.49. The Kier molecular flexibility index (Phi) is 4.88. The third-order valence-electron chi connectivity index (χ3n) is 4.80. The Morgan fingerprint density at radius 2 is 1.83 bits per heavy atom. The molecule has 6 nitrogen and oxygen atoms in total. The second-order valence-corrected chi connectivity index (χ2v) is 7.42. The minimum absolute atomic E-state index is 0.155. The molecular weight excluding hydrogens is 369 g/mol. The zero-order valence-electron chi connectivity index (χ0n) is 16.5. The van der Waals surface area contributed by atoms with Crippen LogP contribution in [-0.2, 0) is 4.79 Å². The summed E-state index contributed by atoms with van der Waals surface area (Å²) in [5, 5.41) is 10.5. The van der Waals surface area contributed by atoms with Crippen LogP contribution in [0.15, 0.2) is 54.6 Å². The van der Waals surface area contributed by atoms with Crippen molar-refractivity contribution in [3.8, 4) is 0 Å². The molecule has 4 rings (SSSR count). The number of carbonyl (C=O) groups is 1. The lowest BCUT2D eigenvalue weighted by molar-refractivity contribution is -0.118. The van der Waals surface area contributed by atoms with Crippen LogP contribution < -0.4 is 10.6 Å². The Morgan fingerprint density at radius 1 is 1.14 bits per heavy atom. The van der Waals surface area contributed by atoms with Crippen molar-refractivity contribution in [2.24, 2.45) is 5.92 Å². The molecule has 148 valence electrons. The monoisotopic (exact) mass is 391 g/mol. The van der Waals surface area contributed by atoms with Crippen LogP contribution in [0.5, 0.6) is 0 Å². The highest BCUT2D eigenvalue weighted by atomic mass is 19.1. The Bertz CT molecular complexity index is 1070. The van der Waals surface area contributed by atoms with Gasteiger partial charge in [0.2, 0.25) is 11.9 Å². The molecule has 2 heterocycles. The van der Waals surface area contributed by atoms with E-state index in [1.165, 1.54) is 17.7 Å². The first-order chi connectivity index (χ1) is 13.9. The van der Waals surface area contributed by atoms with Crippen LogP contribution in [0.25, 0.3) is 5.70 Å². The van der Waals surface area contributed by atoms with Gasteiger partial charge in [-0.25, -0.2) is 9.07 Å². The van der Waals surface area contributed by atoms with Crippen molar-refractivity contribution in [1.82, 2.24) is 14.8 Å². The lowest BCUT2D eigenvalue weighted by Gasteiger charge is -2.24. The van der Waals surface area contributed by atoms with E-state index in [0.29, 0.717) is 5.95 Å². The maximum Gasteiger partial charge on any atom is 0.250 e. The van der Waals surface area contributed by atoms with E-state index in [-0.39, 0.29) is 29.6 Å². The van der Waals surface area contributed by atoms with Crippen molar-refractivity contribution in [2.45, 2.75) is 26.8 Å². The number of nitrogens with zero attached hydrogens (tertiary/aromatic N) is 3. The molecule has 7 heteroatoms. The van der Waals surface area contributed by atoms with Crippen molar-refractivity contribution in [3.63, 3.8) is 0 Å². The standard InChI is InChI=1S/C22H22FN5O/c1-13(2)20(29)25-21-26-22-24-18(15-6-4-14(3)5-7-15)12-19(28(22)27-21)16-8-10-17(23)11-9-16/h4-13,19H,1-3H3,(H2,24,25,26,27,29)/t19-/m0/s1. The number of allylic oxidation sites excluding steroid dienone is 1. The smallest absolute Gasteiger partial charge is 0.250 e. The Balaban J connectivity index is 1.75. The minimum atomic E-state index is -0.297. The van der Waals surface area contributed by atoms with Gasteiger partial charge in [-0.2, -0.15) is 4.98 Å². The third kappa shape index (κ3) is 3.89. The molecule has 0 spiro atoms. The summed E-state index contributed by atoms with van der Waals surface area (Å²) in [4.78, 5) is 16.5. The molecule has 0 unspecified atom stereocenters. The first kappa shape index (κ1) is 18.9. The van der Waals surface area contributed by atoms with Gasteiger partial charge in [-0.1, -0.05) is 55.8 Å². The van der Waals surface area contributed by atoms with Crippen LogP contribution in [0.3, 0.4) is 0 Å². The van der Waals surface area contributed by atoms with Crippen molar-refractivity contribution in [3.05, 3.63) is 77.1 Å². The van der Waals surface area contributed by atoms with Gasteiger partial charge in [-0.05, 0) is 36.3 Å². The van der Waals surface area contributed by atoms with Crippen LogP contribution in [0.1, 0.15) is 36.6 Å². The molecule has 3 aromatic rings. The van der Waals surface area contributed by atoms with E-state index >= 15 is 0 Å². The molecule has 1 aromatic heterocycles. The number of benzene rings is 2. The average Bonchev–Trinajstić information content (AvgIpc) is 3.10. The van der Waals surface area contributed by atoms with Gasteiger partial charge in [0.25, 0.3) is 5.95 Å². The van der Waals surface area contributed by atoms with Crippen LogP contribution in [-0.4, -0.2) is 20.7 Å². The normalized spacial score (nSPS) is 15.5. The fourth-order valence-electron chi connectivity index (χ4n) is 3.10. The fourth-order valence-corrected chi connectivity index (χ4v) is 3.10. The van der Waals surface area contributed by atoms with Gasteiger partial charge < -0.3 is 5.32 Å². The van der Waals surface area contributed by atoms with Crippen LogP contribution in [0.2, 0.25) is 0 Å². The van der Waals surface area contributed by atoms with E-state index in [4.69, 9.17) is 0 Å². The Labute approximate surface area is 168 Å². The molecule has 1 atom stereocenters. The number of fused-ring (bicyclic) bond motifs is 1. The number of hydrogen-bond acceptors (Lipinski definition) is 4. The summed E-state index contributed by atoms with van der Waals surface area (Å²) in [5.41, 5.74) is 3.91. The maximum absolute atomic E-state index is 13.4. The van der Waals surface area contributed by atoms with Gasteiger partial charge in [-0.15, -0.1) is 5.10 Å². The summed E-state index contributed by atoms with van der Waals surface area (Å²) in [5.74, 6) is 0.109. The van der Waals surface area contributed by atoms with E-state index < -0.39 is 0 Å². The highest BCUT2D eigenvalue weighted by Gasteiger charge is 2.26.